The van der Waals surface area contributed by atoms with Crippen LogP contribution in [0.15, 0.2) is 66.1 Å². The van der Waals surface area contributed by atoms with Crippen molar-refractivity contribution < 1.29 is 14.0 Å². The van der Waals surface area contributed by atoms with Crippen molar-refractivity contribution in [2.45, 2.75) is 6.92 Å². The maximum absolute atomic E-state index is 14.1. The first-order chi connectivity index (χ1) is 15.0. The highest BCUT2D eigenvalue weighted by molar-refractivity contribution is 7.14. The number of para-hydroxylation sites is 2. The molecule has 2 amide bonds. The molecule has 2 aromatic carbocycles. The molecule has 6 nitrogen and oxygen atoms in total. The Hall–Kier alpha value is -3.52. The molecule has 0 spiro atoms. The van der Waals surface area contributed by atoms with Crippen molar-refractivity contribution in [1.29, 1.82) is 0 Å². The fourth-order valence-electron chi connectivity index (χ4n) is 2.87. The van der Waals surface area contributed by atoms with Gasteiger partial charge >= 0.3 is 0 Å². The number of nitrogens with zero attached hydrogens (tertiary/aromatic N) is 3. The third kappa shape index (κ3) is 5.99. The molecule has 0 radical (unpaired) electrons. The Balaban J connectivity index is 1.57. The highest BCUT2D eigenvalue weighted by Crippen LogP contribution is 2.30. The number of carbonyl (C=O) groups excluding carboxylic acids is 2. The van der Waals surface area contributed by atoms with E-state index in [2.05, 4.69) is 15.2 Å². The van der Waals surface area contributed by atoms with E-state index in [0.29, 0.717) is 23.9 Å². The zero-order valence-electron chi connectivity index (χ0n) is 17.3. The molecule has 3 aromatic rings. The summed E-state index contributed by atoms with van der Waals surface area (Å²) in [6.07, 6.45) is 2.96. The molecule has 0 aliphatic rings. The van der Waals surface area contributed by atoms with Crippen molar-refractivity contribution in [3.8, 4) is 0 Å². The van der Waals surface area contributed by atoms with Gasteiger partial charge in [-0.15, -0.1) is 11.3 Å². The second-order valence-electron chi connectivity index (χ2n) is 6.74. The molecule has 0 atom stereocenters. The number of benzene rings is 2. The van der Waals surface area contributed by atoms with Gasteiger partial charge < -0.3 is 10.2 Å². The average molecular weight is 439 g/mol. The zero-order valence-corrected chi connectivity index (χ0v) is 18.1. The van der Waals surface area contributed by atoms with E-state index in [4.69, 9.17) is 0 Å². The van der Waals surface area contributed by atoms with Gasteiger partial charge in [-0.1, -0.05) is 30.3 Å². The standard InChI is InChI=1S/C23H23FN4O2S/c1-17(29)28(21-11-7-6-10-20(21)24)23-26-18(16-31-23)12-13-22(30)25-14-15-27(2)19-8-4-3-5-9-19/h3-13,16H,14-15H2,1-2H3,(H,25,30)/b13-12+. The number of rotatable bonds is 8. The first kappa shape index (κ1) is 22.2. The largest absolute Gasteiger partial charge is 0.373 e. The van der Waals surface area contributed by atoms with Gasteiger partial charge in [-0.3, -0.25) is 14.5 Å². The van der Waals surface area contributed by atoms with Gasteiger partial charge in [0.1, 0.15) is 5.82 Å². The molecule has 31 heavy (non-hydrogen) atoms. The van der Waals surface area contributed by atoms with Crippen molar-refractivity contribution in [2.75, 3.05) is 29.9 Å². The van der Waals surface area contributed by atoms with Crippen LogP contribution >= 0.6 is 11.3 Å². The highest BCUT2D eigenvalue weighted by Gasteiger charge is 2.20. The summed E-state index contributed by atoms with van der Waals surface area (Å²) >= 11 is 1.20. The minimum absolute atomic E-state index is 0.139. The lowest BCUT2D eigenvalue weighted by Crippen LogP contribution is -2.31. The minimum atomic E-state index is -0.509. The van der Waals surface area contributed by atoms with Crippen LogP contribution < -0.4 is 15.1 Å². The number of carbonyl (C=O) groups is 2. The summed E-state index contributed by atoms with van der Waals surface area (Å²) in [6.45, 7) is 2.51. The summed E-state index contributed by atoms with van der Waals surface area (Å²) in [5.74, 6) is -1.10. The zero-order chi connectivity index (χ0) is 22.2. The Morgan fingerprint density at radius 1 is 1.13 bits per heavy atom. The molecule has 0 saturated carbocycles. The molecule has 0 fully saturated rings. The summed E-state index contributed by atoms with van der Waals surface area (Å²) in [4.78, 5) is 31.8. The fourth-order valence-corrected chi connectivity index (χ4v) is 3.72. The molecule has 1 N–H and O–H groups in total. The number of aromatic nitrogens is 1. The van der Waals surface area contributed by atoms with Crippen molar-refractivity contribution in [3.05, 3.63) is 77.6 Å². The molecular formula is C23H23FN4O2S. The van der Waals surface area contributed by atoms with Crippen LogP contribution in [0, 0.1) is 5.82 Å². The molecule has 3 rings (SSSR count). The number of halogens is 1. The normalized spacial score (nSPS) is 10.8. The van der Waals surface area contributed by atoms with Crippen molar-refractivity contribution >= 4 is 45.7 Å². The third-order valence-electron chi connectivity index (χ3n) is 4.46. The van der Waals surface area contributed by atoms with Crippen LogP contribution in [0.4, 0.5) is 20.9 Å². The predicted molar refractivity (Wildman–Crippen MR) is 123 cm³/mol. The molecule has 1 aromatic heterocycles. The Kier molecular flexibility index (Phi) is 7.50. The van der Waals surface area contributed by atoms with E-state index >= 15 is 0 Å². The average Bonchev–Trinajstić information content (AvgIpc) is 3.22. The maximum Gasteiger partial charge on any atom is 0.244 e. The molecule has 0 aliphatic heterocycles. The first-order valence-electron chi connectivity index (χ1n) is 9.68. The molecule has 0 saturated heterocycles. The maximum atomic E-state index is 14.1. The van der Waals surface area contributed by atoms with Gasteiger partial charge in [0.2, 0.25) is 11.8 Å². The first-order valence-corrected chi connectivity index (χ1v) is 10.6. The van der Waals surface area contributed by atoms with E-state index in [1.54, 1.807) is 23.6 Å². The van der Waals surface area contributed by atoms with Crippen LogP contribution in [0.25, 0.3) is 6.08 Å². The molecule has 160 valence electrons. The van der Waals surface area contributed by atoms with Gasteiger partial charge in [0.25, 0.3) is 0 Å². The van der Waals surface area contributed by atoms with Crippen LogP contribution in [-0.2, 0) is 9.59 Å². The number of likely N-dealkylation sites (N-methyl/N-ethyl adjacent to an activating group) is 1. The lowest BCUT2D eigenvalue weighted by Gasteiger charge is -2.19. The highest BCUT2D eigenvalue weighted by atomic mass is 32.1. The molecule has 0 aliphatic carbocycles. The smallest absolute Gasteiger partial charge is 0.244 e. The lowest BCUT2D eigenvalue weighted by atomic mass is 10.3. The Morgan fingerprint density at radius 2 is 1.84 bits per heavy atom. The summed E-state index contributed by atoms with van der Waals surface area (Å²) in [7, 11) is 1.96. The van der Waals surface area contributed by atoms with E-state index < -0.39 is 5.82 Å². The van der Waals surface area contributed by atoms with Gasteiger partial charge in [0.15, 0.2) is 5.13 Å². The minimum Gasteiger partial charge on any atom is -0.373 e. The summed E-state index contributed by atoms with van der Waals surface area (Å²) in [5.41, 5.74) is 1.73. The fraction of sp³-hybridized carbons (Fsp3) is 0.174. The summed E-state index contributed by atoms with van der Waals surface area (Å²) < 4.78 is 14.1. The number of amides is 2. The van der Waals surface area contributed by atoms with Crippen molar-refractivity contribution in [1.82, 2.24) is 10.3 Å². The number of thiazole rings is 1. The van der Waals surface area contributed by atoms with E-state index in [0.717, 1.165) is 5.69 Å². The van der Waals surface area contributed by atoms with E-state index in [1.807, 2.05) is 37.4 Å². The lowest BCUT2D eigenvalue weighted by molar-refractivity contribution is -0.117. The third-order valence-corrected chi connectivity index (χ3v) is 5.30. The SMILES string of the molecule is CC(=O)N(c1nc(/C=C/C(=O)NCCN(C)c2ccccc2)cs1)c1ccccc1F. The van der Waals surface area contributed by atoms with Gasteiger partial charge in [-0.2, -0.15) is 0 Å². The van der Waals surface area contributed by atoms with E-state index in [-0.39, 0.29) is 17.5 Å². The van der Waals surface area contributed by atoms with E-state index in [1.165, 1.54) is 41.4 Å². The predicted octanol–water partition coefficient (Wildman–Crippen LogP) is 4.23. The second kappa shape index (κ2) is 10.5. The van der Waals surface area contributed by atoms with Gasteiger partial charge in [-0.05, 0) is 30.3 Å². The van der Waals surface area contributed by atoms with Gasteiger partial charge in [-0.25, -0.2) is 9.37 Å². The monoisotopic (exact) mass is 438 g/mol. The van der Waals surface area contributed by atoms with Crippen LogP contribution in [0.3, 0.4) is 0 Å². The number of hydrogen-bond donors (Lipinski definition) is 1. The Morgan fingerprint density at radius 3 is 2.55 bits per heavy atom. The van der Waals surface area contributed by atoms with Gasteiger partial charge in [0, 0.05) is 44.2 Å². The Bertz CT molecular complexity index is 1070. The van der Waals surface area contributed by atoms with Crippen LogP contribution in [-0.4, -0.2) is 36.9 Å². The molecule has 0 unspecified atom stereocenters. The molecule has 1 heterocycles. The summed E-state index contributed by atoms with van der Waals surface area (Å²) in [6, 6.07) is 15.9. The van der Waals surface area contributed by atoms with Crippen LogP contribution in [0.1, 0.15) is 12.6 Å². The number of hydrogen-bond acceptors (Lipinski definition) is 5. The molecule has 0 bridgehead atoms. The Labute approximate surface area is 184 Å². The number of anilines is 3. The van der Waals surface area contributed by atoms with Crippen LogP contribution in [0.5, 0.6) is 0 Å². The second-order valence-corrected chi connectivity index (χ2v) is 7.58. The summed E-state index contributed by atoms with van der Waals surface area (Å²) in [5, 5.41) is 4.87. The molecular weight excluding hydrogens is 415 g/mol. The van der Waals surface area contributed by atoms with Crippen molar-refractivity contribution in [2.24, 2.45) is 0 Å². The van der Waals surface area contributed by atoms with Crippen LogP contribution in [0.2, 0.25) is 0 Å². The van der Waals surface area contributed by atoms with Crippen molar-refractivity contribution in [3.63, 3.8) is 0 Å². The number of nitrogens with one attached hydrogen (secondary N) is 1. The topological polar surface area (TPSA) is 65.5 Å². The molecule has 8 heteroatoms. The quantitative estimate of drug-likeness (QED) is 0.535. The van der Waals surface area contributed by atoms with Gasteiger partial charge in [0.05, 0.1) is 11.4 Å². The van der Waals surface area contributed by atoms with E-state index in [9.17, 15) is 14.0 Å².